The van der Waals surface area contributed by atoms with Gasteiger partial charge in [0.15, 0.2) is 0 Å². The molecule has 1 aliphatic heterocycles. The minimum Gasteiger partial charge on any atom is -0.495 e. The highest BCUT2D eigenvalue weighted by atomic mass is 79.9. The van der Waals surface area contributed by atoms with E-state index in [4.69, 9.17) is 4.74 Å². The summed E-state index contributed by atoms with van der Waals surface area (Å²) in [5.41, 5.74) is 0.594. The monoisotopic (exact) mass is 312 g/mol. The van der Waals surface area contributed by atoms with Gasteiger partial charge in [-0.05, 0) is 18.2 Å². The second-order valence-electron chi connectivity index (χ2n) is 4.04. The maximum Gasteiger partial charge on any atom is 0.229 e. The number of hydrogen-bond donors (Lipinski definition) is 2. The first-order valence-electron chi connectivity index (χ1n) is 5.51. The third kappa shape index (κ3) is 2.81. The van der Waals surface area contributed by atoms with Crippen LogP contribution in [0.3, 0.4) is 0 Å². The van der Waals surface area contributed by atoms with Crippen LogP contribution in [0.25, 0.3) is 0 Å². The van der Waals surface area contributed by atoms with E-state index in [0.717, 1.165) is 4.47 Å². The summed E-state index contributed by atoms with van der Waals surface area (Å²) in [7, 11) is 1.54. The van der Waals surface area contributed by atoms with E-state index in [-0.39, 0.29) is 24.2 Å². The highest BCUT2D eigenvalue weighted by Gasteiger charge is 2.28. The molecule has 1 unspecified atom stereocenters. The molecule has 1 atom stereocenters. The molecular formula is C12H13BrN2O3. The smallest absolute Gasteiger partial charge is 0.229 e. The Morgan fingerprint density at radius 1 is 1.56 bits per heavy atom. The van der Waals surface area contributed by atoms with E-state index < -0.39 is 0 Å². The molecule has 1 aromatic rings. The molecular weight excluding hydrogens is 300 g/mol. The quantitative estimate of drug-likeness (QED) is 0.889. The third-order valence-electron chi connectivity index (χ3n) is 2.77. The highest BCUT2D eigenvalue weighted by Crippen LogP contribution is 2.28. The number of halogens is 1. The third-order valence-corrected chi connectivity index (χ3v) is 3.26. The van der Waals surface area contributed by atoms with Crippen LogP contribution in [0.15, 0.2) is 22.7 Å². The van der Waals surface area contributed by atoms with Crippen LogP contribution in [-0.4, -0.2) is 25.5 Å². The maximum absolute atomic E-state index is 12.0. The van der Waals surface area contributed by atoms with Crippen molar-refractivity contribution >= 4 is 33.4 Å². The molecule has 0 aromatic heterocycles. The average Bonchev–Trinajstić information content (AvgIpc) is 2.76. The van der Waals surface area contributed by atoms with E-state index in [9.17, 15) is 9.59 Å². The predicted octanol–water partition coefficient (Wildman–Crippen LogP) is 1.53. The molecule has 6 heteroatoms. The molecule has 2 N–H and O–H groups in total. The largest absolute Gasteiger partial charge is 0.495 e. The fourth-order valence-electron chi connectivity index (χ4n) is 1.80. The van der Waals surface area contributed by atoms with Gasteiger partial charge < -0.3 is 15.4 Å². The van der Waals surface area contributed by atoms with Crippen LogP contribution in [-0.2, 0) is 9.59 Å². The summed E-state index contributed by atoms with van der Waals surface area (Å²) < 4.78 is 6.01. The molecule has 5 nitrogen and oxygen atoms in total. The van der Waals surface area contributed by atoms with Crippen molar-refractivity contribution in [1.82, 2.24) is 5.32 Å². The van der Waals surface area contributed by atoms with Gasteiger partial charge in [0.25, 0.3) is 0 Å². The summed E-state index contributed by atoms with van der Waals surface area (Å²) in [5.74, 6) is 0.00567. The lowest BCUT2D eigenvalue weighted by molar-refractivity contribution is -0.123. The van der Waals surface area contributed by atoms with Gasteiger partial charge in [0.05, 0.1) is 18.7 Å². The molecule has 1 heterocycles. The SMILES string of the molecule is COc1ccc(Br)cc1NC(=O)C1CNC(=O)C1. The van der Waals surface area contributed by atoms with Crippen LogP contribution in [0.1, 0.15) is 6.42 Å². The fraction of sp³-hybridized carbons (Fsp3) is 0.333. The number of anilines is 1. The second kappa shape index (κ2) is 5.39. The number of carbonyl (C=O) groups excluding carboxylic acids is 2. The zero-order valence-corrected chi connectivity index (χ0v) is 11.4. The van der Waals surface area contributed by atoms with Crippen LogP contribution in [0, 0.1) is 5.92 Å². The minimum absolute atomic E-state index is 0.0867. The maximum atomic E-state index is 12.0. The zero-order valence-electron chi connectivity index (χ0n) is 9.83. The van der Waals surface area contributed by atoms with E-state index >= 15 is 0 Å². The molecule has 1 fully saturated rings. The molecule has 18 heavy (non-hydrogen) atoms. The van der Waals surface area contributed by atoms with E-state index in [2.05, 4.69) is 26.6 Å². The van der Waals surface area contributed by atoms with Gasteiger partial charge in [0.1, 0.15) is 5.75 Å². The summed E-state index contributed by atoms with van der Waals surface area (Å²) in [6, 6.07) is 5.35. The fourth-order valence-corrected chi connectivity index (χ4v) is 2.16. The van der Waals surface area contributed by atoms with Crippen LogP contribution >= 0.6 is 15.9 Å². The van der Waals surface area contributed by atoms with E-state index in [0.29, 0.717) is 18.0 Å². The van der Waals surface area contributed by atoms with E-state index in [1.54, 1.807) is 19.2 Å². The number of hydrogen-bond acceptors (Lipinski definition) is 3. The first-order chi connectivity index (χ1) is 8.60. The lowest BCUT2D eigenvalue weighted by Gasteiger charge is -2.12. The molecule has 0 spiro atoms. The lowest BCUT2D eigenvalue weighted by atomic mass is 10.1. The number of benzene rings is 1. The van der Waals surface area contributed by atoms with Crippen molar-refractivity contribution in [1.29, 1.82) is 0 Å². The summed E-state index contributed by atoms with van der Waals surface area (Å²) >= 11 is 3.34. The number of amides is 2. The van der Waals surface area contributed by atoms with Gasteiger partial charge in [-0.15, -0.1) is 0 Å². The molecule has 2 amide bonds. The Morgan fingerprint density at radius 2 is 2.33 bits per heavy atom. The number of methoxy groups -OCH3 is 1. The number of nitrogens with one attached hydrogen (secondary N) is 2. The van der Waals surface area contributed by atoms with Crippen molar-refractivity contribution in [3.8, 4) is 5.75 Å². The molecule has 1 saturated heterocycles. The van der Waals surface area contributed by atoms with Crippen LogP contribution in [0.2, 0.25) is 0 Å². The number of rotatable bonds is 3. The van der Waals surface area contributed by atoms with Crippen molar-refractivity contribution in [3.63, 3.8) is 0 Å². The van der Waals surface area contributed by atoms with E-state index in [1.807, 2.05) is 6.07 Å². The molecule has 0 aliphatic carbocycles. The van der Waals surface area contributed by atoms with Gasteiger partial charge in [-0.25, -0.2) is 0 Å². The summed E-state index contributed by atoms with van der Waals surface area (Å²) in [5, 5.41) is 5.41. The molecule has 96 valence electrons. The van der Waals surface area contributed by atoms with Gasteiger partial charge in [0.2, 0.25) is 11.8 Å². The van der Waals surface area contributed by atoms with Crippen LogP contribution in [0.4, 0.5) is 5.69 Å². The van der Waals surface area contributed by atoms with Crippen molar-refractivity contribution in [2.45, 2.75) is 6.42 Å². The van der Waals surface area contributed by atoms with Crippen LogP contribution < -0.4 is 15.4 Å². The Bertz CT molecular complexity index is 490. The Kier molecular flexibility index (Phi) is 3.86. The number of carbonyl (C=O) groups is 2. The topological polar surface area (TPSA) is 67.4 Å². The Balaban J connectivity index is 2.11. The summed E-state index contributed by atoms with van der Waals surface area (Å²) in [6.07, 6.45) is 0.238. The lowest BCUT2D eigenvalue weighted by Crippen LogP contribution is -2.24. The highest BCUT2D eigenvalue weighted by molar-refractivity contribution is 9.10. The first-order valence-corrected chi connectivity index (χ1v) is 6.30. The Hall–Kier alpha value is -1.56. The Morgan fingerprint density at radius 3 is 2.94 bits per heavy atom. The molecule has 2 rings (SSSR count). The van der Waals surface area contributed by atoms with Crippen LogP contribution in [0.5, 0.6) is 5.75 Å². The number of ether oxygens (including phenoxy) is 1. The van der Waals surface area contributed by atoms with Gasteiger partial charge in [-0.1, -0.05) is 15.9 Å². The van der Waals surface area contributed by atoms with Crippen molar-refractivity contribution in [2.75, 3.05) is 19.0 Å². The van der Waals surface area contributed by atoms with Crippen molar-refractivity contribution in [2.24, 2.45) is 5.92 Å². The zero-order chi connectivity index (χ0) is 13.1. The van der Waals surface area contributed by atoms with Gasteiger partial charge in [0, 0.05) is 17.4 Å². The van der Waals surface area contributed by atoms with Gasteiger partial charge >= 0.3 is 0 Å². The summed E-state index contributed by atoms with van der Waals surface area (Å²) in [6.45, 7) is 0.390. The van der Waals surface area contributed by atoms with E-state index in [1.165, 1.54) is 0 Å². The van der Waals surface area contributed by atoms with Crippen molar-refractivity contribution in [3.05, 3.63) is 22.7 Å². The van der Waals surface area contributed by atoms with Gasteiger partial charge in [-0.3, -0.25) is 9.59 Å². The minimum atomic E-state index is -0.318. The Labute approximate surface area is 113 Å². The molecule has 0 radical (unpaired) electrons. The van der Waals surface area contributed by atoms with Gasteiger partial charge in [-0.2, -0.15) is 0 Å². The molecule has 1 aromatic carbocycles. The second-order valence-corrected chi connectivity index (χ2v) is 4.95. The normalized spacial score (nSPS) is 18.3. The summed E-state index contributed by atoms with van der Waals surface area (Å²) in [4.78, 5) is 23.0. The predicted molar refractivity (Wildman–Crippen MR) is 70.4 cm³/mol. The van der Waals surface area contributed by atoms with Crippen molar-refractivity contribution < 1.29 is 14.3 Å². The molecule has 1 aliphatic rings. The molecule has 0 bridgehead atoms. The molecule has 0 saturated carbocycles. The standard InChI is InChI=1S/C12H13BrN2O3/c1-18-10-3-2-8(13)5-9(10)15-12(17)7-4-11(16)14-6-7/h2-3,5,7H,4,6H2,1H3,(H,14,16)(H,15,17). The first kappa shape index (κ1) is 12.9. The average molecular weight is 313 g/mol.